The fraction of sp³-hybridized carbons (Fsp3) is 0.0400. The molecule has 0 fully saturated rings. The quantitative estimate of drug-likeness (QED) is 0.140. The SMILES string of the molecule is O=C(CSc1nnc(-c2cccc([N+](=O)[O-])c2)n1-c1ccccc1)NN=Cc1c[nH]c2ccccc12. The molecule has 10 nitrogen and oxygen atoms in total. The summed E-state index contributed by atoms with van der Waals surface area (Å²) in [5, 5.41) is 25.3. The van der Waals surface area contributed by atoms with Crippen LogP contribution in [0.3, 0.4) is 0 Å². The zero-order valence-corrected chi connectivity index (χ0v) is 19.6. The van der Waals surface area contributed by atoms with Crippen molar-refractivity contribution in [3.05, 3.63) is 101 Å². The lowest BCUT2D eigenvalue weighted by Gasteiger charge is -2.10. The van der Waals surface area contributed by atoms with Crippen LogP contribution in [-0.4, -0.2) is 42.5 Å². The molecule has 0 unspecified atom stereocenters. The van der Waals surface area contributed by atoms with Crippen LogP contribution in [0.5, 0.6) is 0 Å². The lowest BCUT2D eigenvalue weighted by molar-refractivity contribution is -0.384. The first-order valence-corrected chi connectivity index (χ1v) is 11.9. The van der Waals surface area contributed by atoms with E-state index in [-0.39, 0.29) is 17.3 Å². The van der Waals surface area contributed by atoms with Crippen LogP contribution in [0.15, 0.2) is 95.3 Å². The Morgan fingerprint density at radius 1 is 1.08 bits per heavy atom. The van der Waals surface area contributed by atoms with Crippen LogP contribution in [0.25, 0.3) is 28.0 Å². The summed E-state index contributed by atoms with van der Waals surface area (Å²) in [6, 6.07) is 23.4. The highest BCUT2D eigenvalue weighted by molar-refractivity contribution is 7.99. The molecule has 0 atom stereocenters. The summed E-state index contributed by atoms with van der Waals surface area (Å²) in [7, 11) is 0. The number of para-hydroxylation sites is 2. The van der Waals surface area contributed by atoms with Gasteiger partial charge in [-0.25, -0.2) is 5.43 Å². The van der Waals surface area contributed by atoms with Crippen molar-refractivity contribution < 1.29 is 9.72 Å². The molecule has 2 aromatic heterocycles. The van der Waals surface area contributed by atoms with E-state index in [1.165, 1.54) is 23.9 Å². The number of amides is 1. The highest BCUT2D eigenvalue weighted by Gasteiger charge is 2.19. The largest absolute Gasteiger partial charge is 0.361 e. The first-order chi connectivity index (χ1) is 17.6. The monoisotopic (exact) mass is 497 g/mol. The Labute approximate surface area is 209 Å². The van der Waals surface area contributed by atoms with Gasteiger partial charge in [-0.05, 0) is 18.2 Å². The summed E-state index contributed by atoms with van der Waals surface area (Å²) in [6.07, 6.45) is 3.42. The number of rotatable bonds is 8. The van der Waals surface area contributed by atoms with Gasteiger partial charge < -0.3 is 4.98 Å². The summed E-state index contributed by atoms with van der Waals surface area (Å²) < 4.78 is 1.77. The number of fused-ring (bicyclic) bond motifs is 1. The molecule has 1 amide bonds. The van der Waals surface area contributed by atoms with Crippen molar-refractivity contribution in [3.63, 3.8) is 0 Å². The van der Waals surface area contributed by atoms with Crippen molar-refractivity contribution in [2.45, 2.75) is 5.16 Å². The average molecular weight is 498 g/mol. The highest BCUT2D eigenvalue weighted by atomic mass is 32.2. The predicted molar refractivity (Wildman–Crippen MR) is 138 cm³/mol. The predicted octanol–water partition coefficient (Wildman–Crippen LogP) is 4.57. The number of carbonyl (C=O) groups is 1. The zero-order valence-electron chi connectivity index (χ0n) is 18.7. The fourth-order valence-electron chi connectivity index (χ4n) is 3.66. The number of H-pyrrole nitrogens is 1. The molecule has 0 aliphatic rings. The summed E-state index contributed by atoms with van der Waals surface area (Å²) in [5.74, 6) is 0.172. The number of aromatic amines is 1. The van der Waals surface area contributed by atoms with E-state index >= 15 is 0 Å². The molecule has 0 spiro atoms. The minimum atomic E-state index is -0.455. The number of nitrogens with zero attached hydrogens (tertiary/aromatic N) is 5. The third-order valence-corrected chi connectivity index (χ3v) is 6.24. The molecule has 36 heavy (non-hydrogen) atoms. The van der Waals surface area contributed by atoms with Crippen LogP contribution in [0, 0.1) is 10.1 Å². The molecule has 11 heteroatoms. The Balaban J connectivity index is 1.34. The molecule has 0 saturated heterocycles. The number of nitro benzene ring substituents is 1. The van der Waals surface area contributed by atoms with Gasteiger partial charge in [0.25, 0.3) is 11.6 Å². The molecule has 0 aliphatic carbocycles. The van der Waals surface area contributed by atoms with Gasteiger partial charge in [0, 0.05) is 46.0 Å². The van der Waals surface area contributed by atoms with E-state index in [0.29, 0.717) is 16.5 Å². The number of aromatic nitrogens is 4. The van der Waals surface area contributed by atoms with Crippen LogP contribution >= 0.6 is 11.8 Å². The summed E-state index contributed by atoms with van der Waals surface area (Å²) in [4.78, 5) is 26.4. The van der Waals surface area contributed by atoms with Crippen molar-refractivity contribution in [1.82, 2.24) is 25.2 Å². The summed E-state index contributed by atoms with van der Waals surface area (Å²) >= 11 is 1.19. The van der Waals surface area contributed by atoms with Crippen LogP contribution in [0.1, 0.15) is 5.56 Å². The lowest BCUT2D eigenvalue weighted by Crippen LogP contribution is -2.20. The lowest BCUT2D eigenvalue weighted by atomic mass is 10.2. The zero-order chi connectivity index (χ0) is 24.9. The standard InChI is InChI=1S/C25H19N7O3S/c33-23(28-27-15-18-14-26-22-12-5-4-11-21(18)22)16-36-25-30-29-24(31(25)19-8-2-1-3-9-19)17-7-6-10-20(13-17)32(34)35/h1-15,26H,16H2,(H,28,33). The molecule has 2 heterocycles. The van der Waals surface area contributed by atoms with Gasteiger partial charge >= 0.3 is 0 Å². The average Bonchev–Trinajstić information content (AvgIpc) is 3.52. The number of benzene rings is 3. The Bertz CT molecular complexity index is 1580. The molecular weight excluding hydrogens is 478 g/mol. The molecular formula is C25H19N7O3S. The Hall–Kier alpha value is -4.77. The van der Waals surface area contributed by atoms with Gasteiger partial charge in [-0.15, -0.1) is 10.2 Å². The fourth-order valence-corrected chi connectivity index (χ4v) is 4.40. The van der Waals surface area contributed by atoms with Crippen LogP contribution in [0.4, 0.5) is 5.69 Å². The van der Waals surface area contributed by atoms with Crippen LogP contribution in [-0.2, 0) is 4.79 Å². The van der Waals surface area contributed by atoms with Gasteiger partial charge in [0.15, 0.2) is 11.0 Å². The number of hydrogen-bond acceptors (Lipinski definition) is 7. The molecule has 0 aliphatic heterocycles. The van der Waals surface area contributed by atoms with E-state index in [4.69, 9.17) is 0 Å². The number of hydrogen-bond donors (Lipinski definition) is 2. The highest BCUT2D eigenvalue weighted by Crippen LogP contribution is 2.29. The Morgan fingerprint density at radius 3 is 2.72 bits per heavy atom. The molecule has 0 bridgehead atoms. The van der Waals surface area contributed by atoms with Gasteiger partial charge in [-0.3, -0.25) is 19.5 Å². The summed E-state index contributed by atoms with van der Waals surface area (Å²) in [6.45, 7) is 0. The maximum atomic E-state index is 12.5. The number of nitrogens with one attached hydrogen (secondary N) is 2. The second-order valence-electron chi connectivity index (χ2n) is 7.66. The number of thioether (sulfide) groups is 1. The normalized spacial score (nSPS) is 11.2. The van der Waals surface area contributed by atoms with E-state index in [0.717, 1.165) is 22.2 Å². The maximum Gasteiger partial charge on any atom is 0.270 e. The minimum absolute atomic E-state index is 0.0447. The number of hydrazone groups is 1. The number of carbonyl (C=O) groups excluding carboxylic acids is 1. The van der Waals surface area contributed by atoms with Crippen LogP contribution in [0.2, 0.25) is 0 Å². The Morgan fingerprint density at radius 2 is 1.89 bits per heavy atom. The Kier molecular flexibility index (Phi) is 6.54. The molecule has 3 aromatic carbocycles. The molecule has 2 N–H and O–H groups in total. The third-order valence-electron chi connectivity index (χ3n) is 5.31. The van der Waals surface area contributed by atoms with Crippen molar-refractivity contribution in [2.75, 3.05) is 5.75 Å². The first kappa shape index (κ1) is 23.0. The van der Waals surface area contributed by atoms with E-state index in [9.17, 15) is 14.9 Å². The van der Waals surface area contributed by atoms with E-state index in [1.807, 2.05) is 60.8 Å². The third kappa shape index (κ3) is 4.86. The van der Waals surface area contributed by atoms with E-state index in [1.54, 1.807) is 22.9 Å². The van der Waals surface area contributed by atoms with Crippen molar-refractivity contribution >= 4 is 40.5 Å². The van der Waals surface area contributed by atoms with Crippen molar-refractivity contribution in [3.8, 4) is 17.1 Å². The van der Waals surface area contributed by atoms with Gasteiger partial charge in [0.2, 0.25) is 0 Å². The van der Waals surface area contributed by atoms with Gasteiger partial charge in [-0.1, -0.05) is 60.3 Å². The molecule has 0 saturated carbocycles. The second-order valence-corrected chi connectivity index (χ2v) is 8.60. The first-order valence-electron chi connectivity index (χ1n) is 10.9. The van der Waals surface area contributed by atoms with Crippen LogP contribution < -0.4 is 5.43 Å². The van der Waals surface area contributed by atoms with Gasteiger partial charge in [-0.2, -0.15) is 5.10 Å². The smallest absolute Gasteiger partial charge is 0.270 e. The molecule has 5 rings (SSSR count). The van der Waals surface area contributed by atoms with E-state index in [2.05, 4.69) is 25.7 Å². The van der Waals surface area contributed by atoms with Crippen molar-refractivity contribution in [2.24, 2.45) is 5.10 Å². The van der Waals surface area contributed by atoms with Crippen molar-refractivity contribution in [1.29, 1.82) is 0 Å². The van der Waals surface area contributed by atoms with E-state index < -0.39 is 4.92 Å². The van der Waals surface area contributed by atoms with Gasteiger partial charge in [0.1, 0.15) is 0 Å². The number of nitro groups is 1. The topological polar surface area (TPSA) is 131 Å². The maximum absolute atomic E-state index is 12.5. The summed E-state index contributed by atoms with van der Waals surface area (Å²) in [5.41, 5.74) is 5.65. The number of non-ortho nitro benzene ring substituents is 1. The minimum Gasteiger partial charge on any atom is -0.361 e. The van der Waals surface area contributed by atoms with Gasteiger partial charge in [0.05, 0.1) is 16.9 Å². The molecule has 178 valence electrons. The second kappa shape index (κ2) is 10.2. The molecule has 0 radical (unpaired) electrons. The molecule has 5 aromatic rings.